The molecule has 0 saturated carbocycles. The Morgan fingerprint density at radius 2 is 1.65 bits per heavy atom. The first-order valence-electron chi connectivity index (χ1n) is 6.99. The Kier molecular flexibility index (Phi) is 5.20. The standard InChI is InChI=1S/C14H21N.C2H6/c1-3-6-14(2)7-4-11-9-13(15)10-12(11)5-8-14;1-2/h4-5,7-8,13H,3,6,9-10,15H2,1-2H3;1-2H3. The van der Waals surface area contributed by atoms with Gasteiger partial charge >= 0.3 is 0 Å². The first kappa shape index (κ1) is 14.2. The Labute approximate surface area is 106 Å². The summed E-state index contributed by atoms with van der Waals surface area (Å²) < 4.78 is 0. The van der Waals surface area contributed by atoms with E-state index in [4.69, 9.17) is 5.73 Å². The molecule has 2 rings (SSSR count). The van der Waals surface area contributed by atoms with Crippen LogP contribution in [0.15, 0.2) is 35.5 Å². The van der Waals surface area contributed by atoms with Crippen LogP contribution in [-0.4, -0.2) is 6.04 Å². The van der Waals surface area contributed by atoms with E-state index in [0.29, 0.717) is 6.04 Å². The van der Waals surface area contributed by atoms with Gasteiger partial charge in [0, 0.05) is 11.5 Å². The highest BCUT2D eigenvalue weighted by atomic mass is 14.6. The molecular weight excluding hydrogens is 206 g/mol. The van der Waals surface area contributed by atoms with Crippen LogP contribution in [0, 0.1) is 5.41 Å². The third-order valence-corrected chi connectivity index (χ3v) is 3.50. The first-order chi connectivity index (χ1) is 8.13. The minimum atomic E-state index is 0.253. The molecule has 0 aromatic carbocycles. The monoisotopic (exact) mass is 233 g/mol. The Morgan fingerprint density at radius 1 is 1.18 bits per heavy atom. The van der Waals surface area contributed by atoms with Crippen molar-refractivity contribution in [3.05, 3.63) is 35.5 Å². The van der Waals surface area contributed by atoms with Gasteiger partial charge in [0.05, 0.1) is 0 Å². The summed E-state index contributed by atoms with van der Waals surface area (Å²) in [7, 11) is 0. The maximum absolute atomic E-state index is 5.96. The van der Waals surface area contributed by atoms with Crippen molar-refractivity contribution < 1.29 is 0 Å². The lowest BCUT2D eigenvalue weighted by molar-refractivity contribution is 0.492. The largest absolute Gasteiger partial charge is 0.327 e. The van der Waals surface area contributed by atoms with Crippen molar-refractivity contribution in [2.24, 2.45) is 11.1 Å². The lowest BCUT2D eigenvalue weighted by Crippen LogP contribution is -2.15. The molecule has 96 valence electrons. The number of allylic oxidation sites excluding steroid dienone is 4. The summed E-state index contributed by atoms with van der Waals surface area (Å²) in [5.41, 5.74) is 9.13. The number of hydrogen-bond donors (Lipinski definition) is 1. The van der Waals surface area contributed by atoms with Crippen molar-refractivity contribution in [2.75, 3.05) is 0 Å². The second-order valence-corrected chi connectivity index (χ2v) is 5.14. The van der Waals surface area contributed by atoms with E-state index in [0.717, 1.165) is 12.8 Å². The van der Waals surface area contributed by atoms with E-state index >= 15 is 0 Å². The zero-order valence-electron chi connectivity index (χ0n) is 11.8. The Hall–Kier alpha value is -0.820. The van der Waals surface area contributed by atoms with Crippen LogP contribution in [-0.2, 0) is 0 Å². The molecule has 0 spiro atoms. The second-order valence-electron chi connectivity index (χ2n) is 5.14. The molecule has 2 N–H and O–H groups in total. The van der Waals surface area contributed by atoms with Gasteiger partial charge in [-0.25, -0.2) is 0 Å². The van der Waals surface area contributed by atoms with Crippen molar-refractivity contribution in [3.63, 3.8) is 0 Å². The fourth-order valence-corrected chi connectivity index (χ4v) is 2.59. The van der Waals surface area contributed by atoms with E-state index in [1.165, 1.54) is 24.0 Å². The van der Waals surface area contributed by atoms with E-state index in [1.807, 2.05) is 13.8 Å². The van der Waals surface area contributed by atoms with Crippen molar-refractivity contribution in [1.29, 1.82) is 0 Å². The highest BCUT2D eigenvalue weighted by Crippen LogP contribution is 2.35. The fraction of sp³-hybridized carbons (Fsp3) is 0.625. The Morgan fingerprint density at radius 3 is 2.06 bits per heavy atom. The summed E-state index contributed by atoms with van der Waals surface area (Å²) in [6.07, 6.45) is 13.9. The second kappa shape index (κ2) is 6.20. The van der Waals surface area contributed by atoms with Gasteiger partial charge in [-0.3, -0.25) is 0 Å². The third kappa shape index (κ3) is 3.57. The molecular formula is C16H27N. The van der Waals surface area contributed by atoms with Crippen LogP contribution < -0.4 is 5.73 Å². The Bertz CT molecular complexity index is 307. The lowest BCUT2D eigenvalue weighted by Gasteiger charge is -2.20. The molecule has 2 aliphatic carbocycles. The van der Waals surface area contributed by atoms with Crippen LogP contribution >= 0.6 is 0 Å². The van der Waals surface area contributed by atoms with Crippen LogP contribution in [0.25, 0.3) is 0 Å². The SMILES string of the molecule is CC.CCCC1(C)C=CC2=C(C=C1)CC(N)C2. The predicted molar refractivity (Wildman–Crippen MR) is 76.9 cm³/mol. The van der Waals surface area contributed by atoms with Crippen molar-refractivity contribution in [2.45, 2.75) is 59.4 Å². The molecule has 0 amide bonds. The maximum atomic E-state index is 5.96. The predicted octanol–water partition coefficient (Wildman–Crippen LogP) is 4.36. The summed E-state index contributed by atoms with van der Waals surface area (Å²) in [6.45, 7) is 8.56. The number of nitrogens with two attached hydrogens (primary N) is 1. The van der Waals surface area contributed by atoms with Crippen LogP contribution in [0.4, 0.5) is 0 Å². The number of rotatable bonds is 2. The van der Waals surface area contributed by atoms with E-state index in [-0.39, 0.29) is 5.41 Å². The van der Waals surface area contributed by atoms with Gasteiger partial charge in [0.25, 0.3) is 0 Å². The molecule has 0 saturated heterocycles. The van der Waals surface area contributed by atoms with Gasteiger partial charge in [-0.15, -0.1) is 0 Å². The minimum Gasteiger partial charge on any atom is -0.327 e. The van der Waals surface area contributed by atoms with Gasteiger partial charge in [-0.1, -0.05) is 58.4 Å². The molecule has 1 heteroatoms. The molecule has 0 aromatic rings. The fourth-order valence-electron chi connectivity index (χ4n) is 2.59. The van der Waals surface area contributed by atoms with Gasteiger partial charge in [0.1, 0.15) is 0 Å². The van der Waals surface area contributed by atoms with Crippen LogP contribution in [0.1, 0.15) is 53.4 Å². The third-order valence-electron chi connectivity index (χ3n) is 3.50. The van der Waals surface area contributed by atoms with Gasteiger partial charge < -0.3 is 5.73 Å². The lowest BCUT2D eigenvalue weighted by atomic mass is 9.85. The van der Waals surface area contributed by atoms with Crippen molar-refractivity contribution >= 4 is 0 Å². The quantitative estimate of drug-likeness (QED) is 0.753. The van der Waals surface area contributed by atoms with E-state index in [9.17, 15) is 0 Å². The average molecular weight is 233 g/mol. The van der Waals surface area contributed by atoms with Crippen LogP contribution in [0.2, 0.25) is 0 Å². The van der Waals surface area contributed by atoms with Gasteiger partial charge in [0.2, 0.25) is 0 Å². The van der Waals surface area contributed by atoms with Gasteiger partial charge in [-0.2, -0.15) is 0 Å². The topological polar surface area (TPSA) is 26.0 Å². The molecule has 2 aliphatic rings. The van der Waals surface area contributed by atoms with E-state index < -0.39 is 0 Å². The van der Waals surface area contributed by atoms with Gasteiger partial charge in [-0.05, 0) is 30.4 Å². The molecule has 0 aromatic heterocycles. The maximum Gasteiger partial charge on any atom is 0.0120 e. The Balaban J connectivity index is 0.000000686. The molecule has 0 bridgehead atoms. The zero-order chi connectivity index (χ0) is 12.9. The van der Waals surface area contributed by atoms with E-state index in [1.54, 1.807) is 0 Å². The summed E-state index contributed by atoms with van der Waals surface area (Å²) in [5, 5.41) is 0. The summed E-state index contributed by atoms with van der Waals surface area (Å²) in [4.78, 5) is 0. The van der Waals surface area contributed by atoms with E-state index in [2.05, 4.69) is 38.2 Å². The average Bonchev–Trinajstić information content (AvgIpc) is 2.61. The first-order valence-corrected chi connectivity index (χ1v) is 6.99. The van der Waals surface area contributed by atoms with Crippen molar-refractivity contribution in [1.82, 2.24) is 0 Å². The summed E-state index contributed by atoms with van der Waals surface area (Å²) in [5.74, 6) is 0. The zero-order valence-corrected chi connectivity index (χ0v) is 11.8. The molecule has 0 atom stereocenters. The van der Waals surface area contributed by atoms with Crippen LogP contribution in [0.5, 0.6) is 0 Å². The molecule has 0 fully saturated rings. The van der Waals surface area contributed by atoms with Crippen molar-refractivity contribution in [3.8, 4) is 0 Å². The summed E-state index contributed by atoms with van der Waals surface area (Å²) in [6, 6.07) is 0.347. The molecule has 0 radical (unpaired) electrons. The smallest absolute Gasteiger partial charge is 0.0120 e. The van der Waals surface area contributed by atoms with Crippen LogP contribution in [0.3, 0.4) is 0 Å². The highest BCUT2D eigenvalue weighted by molar-refractivity contribution is 5.42. The molecule has 1 nitrogen and oxygen atoms in total. The highest BCUT2D eigenvalue weighted by Gasteiger charge is 2.23. The molecule has 0 unspecified atom stereocenters. The normalized spacial score (nSPS) is 21.9. The number of hydrogen-bond acceptors (Lipinski definition) is 1. The molecule has 0 aliphatic heterocycles. The molecule has 17 heavy (non-hydrogen) atoms. The summed E-state index contributed by atoms with van der Waals surface area (Å²) >= 11 is 0. The molecule has 0 heterocycles. The minimum absolute atomic E-state index is 0.253. The van der Waals surface area contributed by atoms with Gasteiger partial charge in [0.15, 0.2) is 0 Å².